The van der Waals surface area contributed by atoms with Crippen LogP contribution in [0.2, 0.25) is 0 Å². The monoisotopic (exact) mass is 270 g/mol. The smallest absolute Gasteiger partial charge is 0.224 e. The van der Waals surface area contributed by atoms with Gasteiger partial charge >= 0.3 is 0 Å². The molecule has 0 fully saturated rings. The Balaban J connectivity index is 2.32. The predicted molar refractivity (Wildman–Crippen MR) is 82.8 cm³/mol. The summed E-state index contributed by atoms with van der Waals surface area (Å²) in [6.07, 6.45) is 1.35. The summed E-state index contributed by atoms with van der Waals surface area (Å²) < 4.78 is 0. The molecule has 0 radical (unpaired) electrons. The summed E-state index contributed by atoms with van der Waals surface area (Å²) in [6, 6.07) is 8.29. The van der Waals surface area contributed by atoms with Crippen LogP contribution < -0.4 is 5.32 Å². The largest absolute Gasteiger partial charge is 0.353 e. The van der Waals surface area contributed by atoms with Gasteiger partial charge in [-0.25, -0.2) is 0 Å². The minimum Gasteiger partial charge on any atom is -0.353 e. The van der Waals surface area contributed by atoms with Gasteiger partial charge in [-0.15, -0.1) is 0 Å². The van der Waals surface area contributed by atoms with Gasteiger partial charge in [0.05, 0.1) is 11.9 Å². The predicted octanol–water partition coefficient (Wildman–Crippen LogP) is 3.31. The van der Waals surface area contributed by atoms with Crippen LogP contribution in [-0.2, 0) is 11.2 Å². The van der Waals surface area contributed by atoms with Crippen molar-refractivity contribution in [1.82, 2.24) is 10.3 Å². The molecule has 0 unspecified atom stereocenters. The van der Waals surface area contributed by atoms with Gasteiger partial charge in [-0.3, -0.25) is 9.78 Å². The zero-order chi connectivity index (χ0) is 14.7. The van der Waals surface area contributed by atoms with Crippen molar-refractivity contribution >= 4 is 16.8 Å². The Morgan fingerprint density at radius 1 is 1.30 bits per heavy atom. The highest BCUT2D eigenvalue weighted by Gasteiger charge is 2.13. The van der Waals surface area contributed by atoms with Gasteiger partial charge in [-0.1, -0.05) is 25.1 Å². The van der Waals surface area contributed by atoms with Crippen molar-refractivity contribution < 1.29 is 4.79 Å². The number of benzene rings is 1. The van der Waals surface area contributed by atoms with E-state index in [1.807, 2.05) is 32.0 Å². The normalized spacial score (nSPS) is 12.4. The Bertz CT molecular complexity index is 634. The van der Waals surface area contributed by atoms with E-state index in [1.165, 1.54) is 0 Å². The van der Waals surface area contributed by atoms with Crippen molar-refractivity contribution in [3.05, 3.63) is 41.1 Å². The molecule has 1 N–H and O–H groups in total. The molecule has 1 aromatic heterocycles. The maximum Gasteiger partial charge on any atom is 0.224 e. The average Bonchev–Trinajstić information content (AvgIpc) is 2.43. The van der Waals surface area contributed by atoms with Crippen LogP contribution in [0.3, 0.4) is 0 Å². The number of nitrogens with one attached hydrogen (secondary N) is 1. The van der Waals surface area contributed by atoms with E-state index in [4.69, 9.17) is 0 Å². The molecule has 3 heteroatoms. The number of fused-ring (bicyclic) bond motifs is 1. The van der Waals surface area contributed by atoms with E-state index in [2.05, 4.69) is 30.2 Å². The minimum absolute atomic E-state index is 0.0719. The molecular weight excluding hydrogens is 248 g/mol. The number of para-hydroxylation sites is 1. The lowest BCUT2D eigenvalue weighted by atomic mass is 9.99. The number of pyridine rings is 1. The molecule has 0 aliphatic carbocycles. The summed E-state index contributed by atoms with van der Waals surface area (Å²) in [6.45, 7) is 8.14. The number of carbonyl (C=O) groups excluding carboxylic acids is 1. The van der Waals surface area contributed by atoms with E-state index >= 15 is 0 Å². The zero-order valence-electron chi connectivity index (χ0n) is 12.7. The fourth-order valence-electron chi connectivity index (χ4n) is 2.42. The van der Waals surface area contributed by atoms with Crippen molar-refractivity contribution in [3.8, 4) is 0 Å². The fraction of sp³-hybridized carbons (Fsp3) is 0.412. The molecule has 1 aromatic carbocycles. The molecule has 1 atom stereocenters. The first kappa shape index (κ1) is 14.5. The second-order valence-electron chi connectivity index (χ2n) is 5.37. The van der Waals surface area contributed by atoms with Crippen molar-refractivity contribution in [2.45, 2.75) is 46.6 Å². The molecule has 106 valence electrons. The van der Waals surface area contributed by atoms with Gasteiger partial charge in [-0.05, 0) is 44.4 Å². The number of nitrogens with zero attached hydrogens (tertiary/aromatic N) is 1. The maximum absolute atomic E-state index is 12.1. The molecule has 0 saturated heterocycles. The Morgan fingerprint density at radius 3 is 2.70 bits per heavy atom. The molecule has 0 aliphatic rings. The fourth-order valence-corrected chi connectivity index (χ4v) is 2.42. The van der Waals surface area contributed by atoms with E-state index in [1.54, 1.807) is 0 Å². The molecule has 2 aromatic rings. The van der Waals surface area contributed by atoms with Gasteiger partial charge in [0.15, 0.2) is 0 Å². The second kappa shape index (κ2) is 6.04. The number of hydrogen-bond donors (Lipinski definition) is 1. The third-order valence-electron chi connectivity index (χ3n) is 3.84. The van der Waals surface area contributed by atoms with E-state index in [9.17, 15) is 4.79 Å². The highest BCUT2D eigenvalue weighted by molar-refractivity contribution is 5.86. The second-order valence-corrected chi connectivity index (χ2v) is 5.37. The van der Waals surface area contributed by atoms with Crippen LogP contribution in [0, 0.1) is 13.8 Å². The van der Waals surface area contributed by atoms with Crippen LogP contribution in [-0.4, -0.2) is 16.9 Å². The summed E-state index contributed by atoms with van der Waals surface area (Å²) in [4.78, 5) is 16.7. The summed E-state index contributed by atoms with van der Waals surface area (Å²) in [7, 11) is 0. The Kier molecular flexibility index (Phi) is 4.38. The van der Waals surface area contributed by atoms with Gasteiger partial charge in [0.2, 0.25) is 5.91 Å². The number of amides is 1. The summed E-state index contributed by atoms with van der Waals surface area (Å²) in [5, 5.41) is 4.14. The maximum atomic E-state index is 12.1. The van der Waals surface area contributed by atoms with Crippen LogP contribution in [0.4, 0.5) is 0 Å². The van der Waals surface area contributed by atoms with Crippen molar-refractivity contribution in [2.75, 3.05) is 0 Å². The van der Waals surface area contributed by atoms with Gasteiger partial charge in [0.25, 0.3) is 0 Å². The lowest BCUT2D eigenvalue weighted by Gasteiger charge is -2.15. The summed E-state index contributed by atoms with van der Waals surface area (Å²) >= 11 is 0. The molecule has 2 rings (SSSR count). The third kappa shape index (κ3) is 2.98. The number of hydrogen-bond acceptors (Lipinski definition) is 2. The first-order chi connectivity index (χ1) is 9.52. The molecule has 1 heterocycles. The van der Waals surface area contributed by atoms with Gasteiger partial charge in [0, 0.05) is 17.1 Å². The van der Waals surface area contributed by atoms with Crippen LogP contribution in [0.5, 0.6) is 0 Å². The van der Waals surface area contributed by atoms with E-state index < -0.39 is 0 Å². The number of aryl methyl sites for hydroxylation is 2. The quantitative estimate of drug-likeness (QED) is 0.926. The lowest BCUT2D eigenvalue weighted by Crippen LogP contribution is -2.33. The Labute approximate surface area is 120 Å². The van der Waals surface area contributed by atoms with Crippen LogP contribution in [0.15, 0.2) is 24.3 Å². The highest BCUT2D eigenvalue weighted by Crippen LogP contribution is 2.22. The molecule has 1 amide bonds. The van der Waals surface area contributed by atoms with Gasteiger partial charge < -0.3 is 5.32 Å². The Hall–Kier alpha value is -1.90. The van der Waals surface area contributed by atoms with Crippen molar-refractivity contribution in [3.63, 3.8) is 0 Å². The first-order valence-corrected chi connectivity index (χ1v) is 7.17. The van der Waals surface area contributed by atoms with Crippen LogP contribution in [0.1, 0.15) is 37.1 Å². The lowest BCUT2D eigenvalue weighted by molar-refractivity contribution is -0.121. The minimum atomic E-state index is 0.0719. The summed E-state index contributed by atoms with van der Waals surface area (Å²) in [5.74, 6) is 0.0719. The topological polar surface area (TPSA) is 42.0 Å². The number of aromatic nitrogens is 1. The average molecular weight is 270 g/mol. The standard InChI is InChI=1S/C17H22N2O/c1-5-11(2)18-17(20)10-15-12(3)14-8-6-7-9-16(14)19-13(15)4/h6-9,11H,5,10H2,1-4H3,(H,18,20)/t11-/m0/s1. The zero-order valence-corrected chi connectivity index (χ0v) is 12.7. The van der Waals surface area contributed by atoms with E-state index in [0.29, 0.717) is 6.42 Å². The SMILES string of the molecule is CC[C@H](C)NC(=O)Cc1c(C)nc2ccccc2c1C. The Morgan fingerprint density at radius 2 is 2.00 bits per heavy atom. The number of carbonyl (C=O) groups is 1. The van der Waals surface area contributed by atoms with Crippen LogP contribution >= 0.6 is 0 Å². The number of rotatable bonds is 4. The van der Waals surface area contributed by atoms with E-state index in [-0.39, 0.29) is 11.9 Å². The molecule has 0 saturated carbocycles. The summed E-state index contributed by atoms with van der Waals surface area (Å²) in [5.41, 5.74) is 4.14. The molecule has 0 aliphatic heterocycles. The van der Waals surface area contributed by atoms with Crippen LogP contribution in [0.25, 0.3) is 10.9 Å². The van der Waals surface area contributed by atoms with Crippen molar-refractivity contribution in [2.24, 2.45) is 0 Å². The molecule has 0 spiro atoms. The molecule has 0 bridgehead atoms. The van der Waals surface area contributed by atoms with Gasteiger partial charge in [0.1, 0.15) is 0 Å². The molecule has 3 nitrogen and oxygen atoms in total. The van der Waals surface area contributed by atoms with E-state index in [0.717, 1.165) is 34.1 Å². The highest BCUT2D eigenvalue weighted by atomic mass is 16.1. The van der Waals surface area contributed by atoms with Crippen molar-refractivity contribution in [1.29, 1.82) is 0 Å². The molecule has 20 heavy (non-hydrogen) atoms. The van der Waals surface area contributed by atoms with Gasteiger partial charge in [-0.2, -0.15) is 0 Å². The first-order valence-electron chi connectivity index (χ1n) is 7.17. The molecular formula is C17H22N2O. The third-order valence-corrected chi connectivity index (χ3v) is 3.84.